The fourth-order valence-corrected chi connectivity index (χ4v) is 3.15. The summed E-state index contributed by atoms with van der Waals surface area (Å²) in [4.78, 5) is 20.9. The summed E-state index contributed by atoms with van der Waals surface area (Å²) < 4.78 is 0.693. The molecule has 0 atom stereocenters. The predicted octanol–water partition coefficient (Wildman–Crippen LogP) is 4.26. The third-order valence-corrected chi connectivity index (χ3v) is 4.60. The van der Waals surface area contributed by atoms with Crippen molar-refractivity contribution in [2.24, 2.45) is 0 Å². The number of H-pyrrole nitrogens is 1. The quantitative estimate of drug-likeness (QED) is 0.729. The van der Waals surface area contributed by atoms with Crippen LogP contribution in [-0.2, 0) is 5.41 Å². The Morgan fingerprint density at radius 2 is 1.81 bits per heavy atom. The van der Waals surface area contributed by atoms with Crippen LogP contribution >= 0.6 is 11.3 Å². The Morgan fingerprint density at radius 3 is 2.43 bits per heavy atom. The van der Waals surface area contributed by atoms with Crippen LogP contribution in [0.5, 0.6) is 0 Å². The molecule has 0 aliphatic carbocycles. The summed E-state index contributed by atoms with van der Waals surface area (Å²) in [5, 5.41) is 0. The van der Waals surface area contributed by atoms with Gasteiger partial charge in [-0.05, 0) is 18.6 Å². The lowest BCUT2D eigenvalue weighted by atomic mass is 9.96. The van der Waals surface area contributed by atoms with Gasteiger partial charge >= 0.3 is 0 Å². The van der Waals surface area contributed by atoms with E-state index in [0.717, 1.165) is 21.8 Å². The minimum Gasteiger partial charge on any atom is -0.309 e. The lowest BCUT2D eigenvalue weighted by molar-refractivity contribution is 0.546. The van der Waals surface area contributed by atoms with Crippen LogP contribution < -0.4 is 5.56 Å². The van der Waals surface area contributed by atoms with Crippen molar-refractivity contribution in [3.8, 4) is 10.4 Å². The third-order valence-electron chi connectivity index (χ3n) is 3.43. The molecule has 4 heteroatoms. The number of rotatable bonds is 1. The van der Waals surface area contributed by atoms with E-state index in [1.54, 1.807) is 0 Å². The molecule has 0 unspecified atom stereocenters. The van der Waals surface area contributed by atoms with Crippen LogP contribution in [-0.4, -0.2) is 9.97 Å². The highest BCUT2D eigenvalue weighted by molar-refractivity contribution is 7.22. The number of aryl methyl sites for hydroxylation is 1. The van der Waals surface area contributed by atoms with Gasteiger partial charge in [0.05, 0.1) is 5.52 Å². The van der Waals surface area contributed by atoms with E-state index in [4.69, 9.17) is 0 Å². The number of hydrogen-bond acceptors (Lipinski definition) is 3. The Balaban J connectivity index is 2.18. The van der Waals surface area contributed by atoms with Crippen LogP contribution in [0.1, 0.15) is 32.2 Å². The van der Waals surface area contributed by atoms with Gasteiger partial charge in [0.1, 0.15) is 10.5 Å². The molecule has 0 fully saturated rings. The number of aromatic nitrogens is 2. The highest BCUT2D eigenvalue weighted by Gasteiger charge is 2.19. The number of aromatic amines is 1. The van der Waals surface area contributed by atoms with Crippen LogP contribution in [0.2, 0.25) is 0 Å². The molecule has 0 amide bonds. The molecule has 2 aromatic heterocycles. The van der Waals surface area contributed by atoms with Crippen molar-refractivity contribution in [1.29, 1.82) is 0 Å². The van der Waals surface area contributed by atoms with Crippen LogP contribution in [0.25, 0.3) is 20.7 Å². The molecule has 0 bridgehead atoms. The summed E-state index contributed by atoms with van der Waals surface area (Å²) in [5.74, 6) is 0.730. The van der Waals surface area contributed by atoms with Gasteiger partial charge in [-0.2, -0.15) is 0 Å². The zero-order valence-electron chi connectivity index (χ0n) is 12.7. The average Bonchev–Trinajstić information content (AvgIpc) is 2.83. The van der Waals surface area contributed by atoms with Gasteiger partial charge in [0.25, 0.3) is 5.56 Å². The van der Waals surface area contributed by atoms with Crippen molar-refractivity contribution in [2.75, 3.05) is 0 Å². The molecule has 0 aliphatic heterocycles. The van der Waals surface area contributed by atoms with Gasteiger partial charge in [-0.15, -0.1) is 11.3 Å². The molecule has 1 N–H and O–H groups in total. The maximum absolute atomic E-state index is 12.3. The van der Waals surface area contributed by atoms with Gasteiger partial charge in [-0.25, -0.2) is 4.98 Å². The molecule has 3 rings (SSSR count). The molecular weight excluding hydrogens is 280 g/mol. The molecule has 0 saturated carbocycles. The predicted molar refractivity (Wildman–Crippen MR) is 89.1 cm³/mol. The van der Waals surface area contributed by atoms with Gasteiger partial charge < -0.3 is 4.98 Å². The number of nitrogens with zero attached hydrogens (tertiary/aromatic N) is 1. The zero-order valence-corrected chi connectivity index (χ0v) is 13.5. The van der Waals surface area contributed by atoms with Crippen molar-refractivity contribution in [3.05, 3.63) is 52.1 Å². The van der Waals surface area contributed by atoms with Crippen LogP contribution in [0, 0.1) is 6.92 Å². The van der Waals surface area contributed by atoms with E-state index < -0.39 is 0 Å². The topological polar surface area (TPSA) is 45.8 Å². The fraction of sp³-hybridized carbons (Fsp3) is 0.294. The summed E-state index contributed by atoms with van der Waals surface area (Å²) in [6.07, 6.45) is 0. The normalized spacial score (nSPS) is 12.0. The Kier molecular flexibility index (Phi) is 3.21. The van der Waals surface area contributed by atoms with Gasteiger partial charge in [0, 0.05) is 10.3 Å². The molecule has 0 spiro atoms. The maximum Gasteiger partial charge on any atom is 0.268 e. The Hall–Kier alpha value is -1.94. The monoisotopic (exact) mass is 298 g/mol. The molecule has 3 nitrogen and oxygen atoms in total. The van der Waals surface area contributed by atoms with E-state index in [-0.39, 0.29) is 11.0 Å². The summed E-state index contributed by atoms with van der Waals surface area (Å²) in [6, 6.07) is 10.3. The van der Waals surface area contributed by atoms with Crippen LogP contribution in [0.4, 0.5) is 0 Å². The first kappa shape index (κ1) is 14.0. The lowest BCUT2D eigenvalue weighted by Crippen LogP contribution is -2.21. The van der Waals surface area contributed by atoms with E-state index in [1.165, 1.54) is 16.9 Å². The second-order valence-electron chi connectivity index (χ2n) is 6.36. The minimum atomic E-state index is -0.167. The van der Waals surface area contributed by atoms with Crippen molar-refractivity contribution in [3.63, 3.8) is 0 Å². The number of thiophene rings is 1. The third kappa shape index (κ3) is 2.63. The second kappa shape index (κ2) is 4.81. The molecular formula is C17H18N2OS. The maximum atomic E-state index is 12.3. The van der Waals surface area contributed by atoms with E-state index in [1.807, 2.05) is 26.8 Å². The number of nitrogens with one attached hydrogen (secondary N) is 1. The van der Waals surface area contributed by atoms with Gasteiger partial charge in [0.15, 0.2) is 0 Å². The molecule has 108 valence electrons. The Labute approximate surface area is 127 Å². The molecule has 2 heterocycles. The summed E-state index contributed by atoms with van der Waals surface area (Å²) in [6.45, 7) is 8.20. The van der Waals surface area contributed by atoms with Crippen molar-refractivity contribution in [2.45, 2.75) is 33.1 Å². The molecule has 0 saturated heterocycles. The SMILES string of the molecule is Cc1ccc(-c2cc3nc(C(C)(C)C)[nH]c(=O)c3s2)cc1. The Morgan fingerprint density at radius 1 is 1.14 bits per heavy atom. The van der Waals surface area contributed by atoms with Gasteiger partial charge in [0.2, 0.25) is 0 Å². The smallest absolute Gasteiger partial charge is 0.268 e. The molecule has 0 radical (unpaired) electrons. The van der Waals surface area contributed by atoms with Gasteiger partial charge in [-0.3, -0.25) is 4.79 Å². The Bertz CT molecular complexity index is 851. The highest BCUT2D eigenvalue weighted by atomic mass is 32.1. The van der Waals surface area contributed by atoms with E-state index in [2.05, 4.69) is 41.2 Å². The number of hydrogen-bond donors (Lipinski definition) is 1. The highest BCUT2D eigenvalue weighted by Crippen LogP contribution is 2.31. The minimum absolute atomic E-state index is 0.0479. The van der Waals surface area contributed by atoms with Crippen LogP contribution in [0.15, 0.2) is 35.1 Å². The molecule has 0 aliphatic rings. The van der Waals surface area contributed by atoms with E-state index in [0.29, 0.717) is 4.70 Å². The van der Waals surface area contributed by atoms with Crippen molar-refractivity contribution >= 4 is 21.6 Å². The summed E-state index contributed by atoms with van der Waals surface area (Å²) >= 11 is 1.50. The largest absolute Gasteiger partial charge is 0.309 e. The standard InChI is InChI=1S/C17H18N2OS/c1-10-5-7-11(8-6-10)13-9-12-14(21-13)15(20)19-16(18-12)17(2,3)4/h5-9H,1-4H3,(H,18,19,20). The first-order valence-corrected chi connectivity index (χ1v) is 7.77. The average molecular weight is 298 g/mol. The van der Waals surface area contributed by atoms with E-state index in [9.17, 15) is 4.79 Å². The first-order valence-electron chi connectivity index (χ1n) is 6.96. The zero-order chi connectivity index (χ0) is 15.2. The first-order chi connectivity index (χ1) is 9.84. The summed E-state index contributed by atoms with van der Waals surface area (Å²) in [7, 11) is 0. The van der Waals surface area contributed by atoms with Crippen molar-refractivity contribution in [1.82, 2.24) is 9.97 Å². The molecule has 1 aromatic carbocycles. The van der Waals surface area contributed by atoms with Gasteiger partial charge in [-0.1, -0.05) is 50.6 Å². The molecule has 21 heavy (non-hydrogen) atoms. The van der Waals surface area contributed by atoms with Crippen molar-refractivity contribution < 1.29 is 0 Å². The number of fused-ring (bicyclic) bond motifs is 1. The van der Waals surface area contributed by atoms with Crippen LogP contribution in [0.3, 0.4) is 0 Å². The number of benzene rings is 1. The molecule has 3 aromatic rings. The summed E-state index contributed by atoms with van der Waals surface area (Å²) in [5.41, 5.74) is 2.92. The second-order valence-corrected chi connectivity index (χ2v) is 7.41. The fourth-order valence-electron chi connectivity index (χ4n) is 2.16. The lowest BCUT2D eigenvalue weighted by Gasteiger charge is -2.16. The van der Waals surface area contributed by atoms with E-state index >= 15 is 0 Å².